The highest BCUT2D eigenvalue weighted by Gasteiger charge is 2.19. The molecule has 1 heterocycles. The van der Waals surface area contributed by atoms with Crippen LogP contribution in [0.5, 0.6) is 0 Å². The fourth-order valence-electron chi connectivity index (χ4n) is 2.88. The second-order valence-corrected chi connectivity index (χ2v) is 6.30. The summed E-state index contributed by atoms with van der Waals surface area (Å²) in [7, 11) is 0. The highest BCUT2D eigenvalue weighted by Crippen LogP contribution is 2.39. The van der Waals surface area contributed by atoms with Crippen molar-refractivity contribution in [1.82, 2.24) is 4.98 Å². The summed E-state index contributed by atoms with van der Waals surface area (Å²) in [5.74, 6) is -0.272. The Morgan fingerprint density at radius 3 is 2.48 bits per heavy atom. The fourth-order valence-corrected chi connectivity index (χ4v) is 3.36. The average molecular weight is 351 g/mol. The van der Waals surface area contributed by atoms with Gasteiger partial charge in [-0.2, -0.15) is 0 Å². The number of rotatable bonds is 5. The lowest BCUT2D eigenvalue weighted by Gasteiger charge is -2.07. The number of H-pyrrole nitrogens is 1. The Labute approximate surface area is 144 Å². The number of aromatic nitrogens is 1. The molecule has 3 rings (SSSR count). The minimum atomic E-state index is -0.272. The summed E-state index contributed by atoms with van der Waals surface area (Å²) < 4.78 is 14.3. The molecule has 0 atom stereocenters. The molecular formula is C18H17Cl2FN2. The van der Waals surface area contributed by atoms with Crippen molar-refractivity contribution in [2.75, 3.05) is 6.54 Å². The number of hydrogen-bond donors (Lipinski definition) is 2. The first-order chi connectivity index (χ1) is 11.1. The monoisotopic (exact) mass is 350 g/mol. The van der Waals surface area contributed by atoms with E-state index in [-0.39, 0.29) is 5.82 Å². The zero-order chi connectivity index (χ0) is 16.4. The van der Waals surface area contributed by atoms with Crippen LogP contribution in [-0.2, 0) is 6.42 Å². The fraction of sp³-hybridized carbons (Fsp3) is 0.222. The molecule has 0 fully saturated rings. The zero-order valence-electron chi connectivity index (χ0n) is 12.5. The predicted octanol–water partition coefficient (Wildman–Crippen LogP) is 5.56. The molecule has 0 radical (unpaired) electrons. The smallest absolute Gasteiger partial charge is 0.132 e. The van der Waals surface area contributed by atoms with Crippen molar-refractivity contribution in [2.45, 2.75) is 19.3 Å². The minimum Gasteiger partial charge on any atom is -0.353 e. The molecule has 0 unspecified atom stereocenters. The van der Waals surface area contributed by atoms with Gasteiger partial charge in [-0.05, 0) is 55.6 Å². The molecule has 0 aliphatic heterocycles. The van der Waals surface area contributed by atoms with E-state index in [1.807, 2.05) is 6.07 Å². The summed E-state index contributed by atoms with van der Waals surface area (Å²) in [4.78, 5) is 3.27. The van der Waals surface area contributed by atoms with E-state index in [4.69, 9.17) is 28.9 Å². The number of aryl methyl sites for hydroxylation is 1. The van der Waals surface area contributed by atoms with Crippen LogP contribution in [0.2, 0.25) is 10.0 Å². The number of fused-ring (bicyclic) bond motifs is 1. The molecule has 0 saturated heterocycles. The Bertz CT molecular complexity index is 842. The van der Waals surface area contributed by atoms with Gasteiger partial charge in [-0.15, -0.1) is 0 Å². The van der Waals surface area contributed by atoms with Crippen LogP contribution in [0.3, 0.4) is 0 Å². The van der Waals surface area contributed by atoms with Crippen molar-refractivity contribution in [3.8, 4) is 11.3 Å². The highest BCUT2D eigenvalue weighted by molar-refractivity contribution is 6.40. The molecule has 0 spiro atoms. The van der Waals surface area contributed by atoms with Gasteiger partial charge < -0.3 is 10.7 Å². The molecule has 3 aromatic rings. The van der Waals surface area contributed by atoms with Gasteiger partial charge in [-0.3, -0.25) is 0 Å². The van der Waals surface area contributed by atoms with E-state index in [2.05, 4.69) is 4.98 Å². The summed E-state index contributed by atoms with van der Waals surface area (Å²) in [5, 5.41) is 2.06. The van der Waals surface area contributed by atoms with Crippen LogP contribution < -0.4 is 5.73 Å². The standard InChI is InChI=1S/C18H17Cl2FN2/c19-13-8-9-14(20)18-16(13)12(6-3-4-10-22)17(23-18)11-5-1-2-7-15(11)21/h1-2,5,7-9,23H,3-4,6,10,22H2. The summed E-state index contributed by atoms with van der Waals surface area (Å²) in [6.07, 6.45) is 2.58. The van der Waals surface area contributed by atoms with Crippen molar-refractivity contribution in [3.05, 3.63) is 57.8 Å². The first-order valence-electron chi connectivity index (χ1n) is 7.57. The van der Waals surface area contributed by atoms with E-state index in [0.29, 0.717) is 22.2 Å². The number of nitrogens with two attached hydrogens (primary N) is 1. The lowest BCUT2D eigenvalue weighted by molar-refractivity contribution is 0.630. The molecule has 120 valence electrons. The van der Waals surface area contributed by atoms with Crippen molar-refractivity contribution in [2.24, 2.45) is 5.73 Å². The maximum atomic E-state index is 14.3. The third kappa shape index (κ3) is 3.09. The van der Waals surface area contributed by atoms with Crippen LogP contribution in [0.1, 0.15) is 18.4 Å². The van der Waals surface area contributed by atoms with Crippen molar-refractivity contribution >= 4 is 34.1 Å². The minimum absolute atomic E-state index is 0.272. The van der Waals surface area contributed by atoms with Gasteiger partial charge in [0.15, 0.2) is 0 Å². The van der Waals surface area contributed by atoms with Crippen molar-refractivity contribution in [1.29, 1.82) is 0 Å². The maximum absolute atomic E-state index is 14.3. The maximum Gasteiger partial charge on any atom is 0.132 e. The zero-order valence-corrected chi connectivity index (χ0v) is 14.0. The Morgan fingerprint density at radius 2 is 1.74 bits per heavy atom. The second-order valence-electron chi connectivity index (χ2n) is 5.48. The molecule has 0 aliphatic carbocycles. The lowest BCUT2D eigenvalue weighted by Crippen LogP contribution is -1.99. The molecule has 3 N–H and O–H groups in total. The normalized spacial score (nSPS) is 11.3. The van der Waals surface area contributed by atoms with Crippen LogP contribution in [0.25, 0.3) is 22.2 Å². The Hall–Kier alpha value is -1.55. The molecule has 0 aliphatic rings. The highest BCUT2D eigenvalue weighted by atomic mass is 35.5. The molecule has 0 saturated carbocycles. The lowest BCUT2D eigenvalue weighted by atomic mass is 10.00. The third-order valence-electron chi connectivity index (χ3n) is 3.98. The molecule has 2 aromatic carbocycles. The Balaban J connectivity index is 2.24. The number of nitrogens with one attached hydrogen (secondary N) is 1. The SMILES string of the molecule is NCCCCc1c(-c2ccccc2F)[nH]c2c(Cl)ccc(Cl)c12. The molecule has 5 heteroatoms. The van der Waals surface area contributed by atoms with Gasteiger partial charge in [-0.1, -0.05) is 35.3 Å². The summed E-state index contributed by atoms with van der Waals surface area (Å²) >= 11 is 12.7. The van der Waals surface area contributed by atoms with Gasteiger partial charge >= 0.3 is 0 Å². The molecule has 2 nitrogen and oxygen atoms in total. The van der Waals surface area contributed by atoms with Crippen LogP contribution in [-0.4, -0.2) is 11.5 Å². The third-order valence-corrected chi connectivity index (χ3v) is 4.61. The first-order valence-corrected chi connectivity index (χ1v) is 8.32. The number of hydrogen-bond acceptors (Lipinski definition) is 1. The van der Waals surface area contributed by atoms with Gasteiger partial charge in [-0.25, -0.2) is 4.39 Å². The van der Waals surface area contributed by atoms with Gasteiger partial charge in [0.25, 0.3) is 0 Å². The van der Waals surface area contributed by atoms with Gasteiger partial charge in [0.05, 0.1) is 21.3 Å². The summed E-state index contributed by atoms with van der Waals surface area (Å²) in [5.41, 5.74) is 8.60. The van der Waals surface area contributed by atoms with Gasteiger partial charge in [0.1, 0.15) is 5.82 Å². The van der Waals surface area contributed by atoms with Crippen LogP contribution >= 0.6 is 23.2 Å². The van der Waals surface area contributed by atoms with E-state index < -0.39 is 0 Å². The Kier molecular flexibility index (Phi) is 4.90. The van der Waals surface area contributed by atoms with E-state index in [1.54, 1.807) is 24.3 Å². The van der Waals surface area contributed by atoms with Gasteiger partial charge in [0.2, 0.25) is 0 Å². The first kappa shape index (κ1) is 16.3. The largest absolute Gasteiger partial charge is 0.353 e. The number of unbranched alkanes of at least 4 members (excludes halogenated alkanes) is 1. The van der Waals surface area contributed by atoms with Crippen molar-refractivity contribution in [3.63, 3.8) is 0 Å². The van der Waals surface area contributed by atoms with Crippen LogP contribution in [0.4, 0.5) is 4.39 Å². The quantitative estimate of drug-likeness (QED) is 0.581. The van der Waals surface area contributed by atoms with E-state index in [1.165, 1.54) is 6.07 Å². The summed E-state index contributed by atoms with van der Waals surface area (Å²) in [6.45, 7) is 0.631. The summed E-state index contributed by atoms with van der Waals surface area (Å²) in [6, 6.07) is 10.2. The van der Waals surface area contributed by atoms with E-state index in [0.717, 1.165) is 41.4 Å². The number of aromatic amines is 1. The molecule has 23 heavy (non-hydrogen) atoms. The average Bonchev–Trinajstić information content (AvgIpc) is 2.92. The van der Waals surface area contributed by atoms with E-state index in [9.17, 15) is 4.39 Å². The second kappa shape index (κ2) is 6.91. The molecule has 0 amide bonds. The van der Waals surface area contributed by atoms with Gasteiger partial charge in [0, 0.05) is 10.9 Å². The topological polar surface area (TPSA) is 41.8 Å². The number of benzene rings is 2. The van der Waals surface area contributed by atoms with Crippen molar-refractivity contribution < 1.29 is 4.39 Å². The molecule has 1 aromatic heterocycles. The Morgan fingerprint density at radius 1 is 1.00 bits per heavy atom. The molecular weight excluding hydrogens is 334 g/mol. The van der Waals surface area contributed by atoms with Crippen LogP contribution in [0, 0.1) is 5.82 Å². The number of halogens is 3. The van der Waals surface area contributed by atoms with E-state index >= 15 is 0 Å². The van der Waals surface area contributed by atoms with Crippen LogP contribution in [0.15, 0.2) is 36.4 Å². The predicted molar refractivity (Wildman–Crippen MR) is 95.7 cm³/mol. The molecule has 0 bridgehead atoms.